The van der Waals surface area contributed by atoms with Gasteiger partial charge in [0.05, 0.1) is 6.10 Å². The lowest BCUT2D eigenvalue weighted by atomic mass is 9.55. The van der Waals surface area contributed by atoms with Gasteiger partial charge in [-0.1, -0.05) is 6.42 Å². The highest BCUT2D eigenvalue weighted by Crippen LogP contribution is 2.54. The average molecular weight is 361 g/mol. The second kappa shape index (κ2) is 7.15. The van der Waals surface area contributed by atoms with E-state index in [9.17, 15) is 0 Å². The summed E-state index contributed by atoms with van der Waals surface area (Å²) < 4.78 is 12.2. The molecule has 1 saturated heterocycles. The highest BCUT2D eigenvalue weighted by Gasteiger charge is 2.48. The van der Waals surface area contributed by atoms with Gasteiger partial charge in [0.2, 0.25) is 0 Å². The Labute approximate surface area is 155 Å². The molecule has 4 saturated carbocycles. The summed E-state index contributed by atoms with van der Waals surface area (Å²) in [4.78, 5) is 1.56. The molecule has 2 nitrogen and oxygen atoms in total. The van der Waals surface area contributed by atoms with E-state index in [-0.39, 0.29) is 10.9 Å². The number of rotatable bonds is 5. The van der Waals surface area contributed by atoms with Crippen molar-refractivity contribution in [1.29, 1.82) is 0 Å². The first-order valence-electron chi connectivity index (χ1n) is 10.4. The van der Waals surface area contributed by atoms with Crippen molar-refractivity contribution in [2.75, 3.05) is 18.3 Å². The summed E-state index contributed by atoms with van der Waals surface area (Å²) in [6, 6.07) is 8.92. The molecule has 1 aromatic carbocycles. The van der Waals surface area contributed by atoms with E-state index in [1.807, 2.05) is 0 Å². The lowest BCUT2D eigenvalue weighted by Crippen LogP contribution is -2.49. The van der Waals surface area contributed by atoms with Crippen molar-refractivity contribution < 1.29 is 9.47 Å². The summed E-state index contributed by atoms with van der Waals surface area (Å²) in [5, 5.41) is 0. The molecule has 138 valence electrons. The smallest absolute Gasteiger partial charge is 0.189 e. The van der Waals surface area contributed by atoms with Gasteiger partial charge in [-0.2, -0.15) is 0 Å². The molecule has 3 heteroatoms. The van der Waals surface area contributed by atoms with E-state index in [2.05, 4.69) is 24.3 Å². The van der Waals surface area contributed by atoms with Crippen molar-refractivity contribution in [3.8, 4) is 5.75 Å². The first-order chi connectivity index (χ1) is 12.3. The number of hydrogen-bond acceptors (Lipinski definition) is 2. The Morgan fingerprint density at radius 1 is 0.800 bits per heavy atom. The summed E-state index contributed by atoms with van der Waals surface area (Å²) in [6.07, 6.45) is 11.9. The van der Waals surface area contributed by atoms with Crippen molar-refractivity contribution >= 4 is 10.9 Å². The molecule has 0 aromatic heterocycles. The summed E-state index contributed by atoms with van der Waals surface area (Å²) in [7, 11) is 0.104. The van der Waals surface area contributed by atoms with Gasteiger partial charge in [0.15, 0.2) is 6.79 Å². The predicted molar refractivity (Wildman–Crippen MR) is 105 cm³/mol. The average Bonchev–Trinajstić information content (AvgIpc) is 2.65. The van der Waals surface area contributed by atoms with Crippen LogP contribution >= 0.6 is 10.9 Å². The molecule has 0 atom stereocenters. The summed E-state index contributed by atoms with van der Waals surface area (Å²) >= 11 is 0. The normalized spacial score (nSPS) is 38.1. The quantitative estimate of drug-likeness (QED) is 0.559. The summed E-state index contributed by atoms with van der Waals surface area (Å²) in [5.41, 5.74) is 0. The highest BCUT2D eigenvalue weighted by molar-refractivity contribution is 8.17. The van der Waals surface area contributed by atoms with Gasteiger partial charge in [-0.25, -0.2) is 10.9 Å². The molecule has 0 N–H and O–H groups in total. The Kier molecular flexibility index (Phi) is 4.72. The third kappa shape index (κ3) is 3.47. The maximum Gasteiger partial charge on any atom is 0.189 e. The van der Waals surface area contributed by atoms with E-state index < -0.39 is 0 Å². The van der Waals surface area contributed by atoms with E-state index in [1.54, 1.807) is 4.90 Å². The van der Waals surface area contributed by atoms with Gasteiger partial charge in [0.25, 0.3) is 0 Å². The van der Waals surface area contributed by atoms with Gasteiger partial charge in [0, 0.05) is 0 Å². The molecule has 5 aliphatic rings. The number of ether oxygens (including phenoxy) is 2. The molecule has 0 amide bonds. The maximum absolute atomic E-state index is 6.25. The van der Waals surface area contributed by atoms with Crippen LogP contribution in [0.15, 0.2) is 29.2 Å². The fraction of sp³-hybridized carbons (Fsp3) is 0.727. The van der Waals surface area contributed by atoms with Crippen LogP contribution in [0.4, 0.5) is 0 Å². The lowest BCUT2D eigenvalue weighted by molar-refractivity contribution is -0.155. The number of thiol groups is 1. The molecule has 25 heavy (non-hydrogen) atoms. The third-order valence-corrected chi connectivity index (χ3v) is 9.92. The Morgan fingerprint density at radius 2 is 1.44 bits per heavy atom. The minimum atomic E-state index is 0.104. The zero-order valence-corrected chi connectivity index (χ0v) is 16.1. The van der Waals surface area contributed by atoms with Gasteiger partial charge in [-0.05, 0) is 109 Å². The zero-order valence-electron chi connectivity index (χ0n) is 15.2. The fourth-order valence-corrected chi connectivity index (χ4v) is 8.75. The third-order valence-electron chi connectivity index (χ3n) is 7.18. The molecular formula is C22H32O2S. The van der Waals surface area contributed by atoms with Crippen LogP contribution in [0.2, 0.25) is 0 Å². The first kappa shape index (κ1) is 16.5. The van der Waals surface area contributed by atoms with Gasteiger partial charge < -0.3 is 9.47 Å². The Bertz CT molecular complexity index is 550. The molecular weight excluding hydrogens is 328 g/mol. The Balaban J connectivity index is 1.13. The van der Waals surface area contributed by atoms with Gasteiger partial charge in [-0.3, -0.25) is 0 Å². The topological polar surface area (TPSA) is 18.5 Å². The Hall–Kier alpha value is -0.670. The van der Waals surface area contributed by atoms with Crippen LogP contribution in [0.1, 0.15) is 51.4 Å². The van der Waals surface area contributed by atoms with Crippen LogP contribution in [-0.4, -0.2) is 24.4 Å². The monoisotopic (exact) mass is 360 g/mol. The molecule has 0 radical (unpaired) electrons. The minimum absolute atomic E-state index is 0.104. The SMILES string of the molecule is c1cc([SH]2CCCCC2)ccc1OCOC1C2CC3CC(C2)CC1C3. The highest BCUT2D eigenvalue weighted by atomic mass is 32.2. The predicted octanol–water partition coefficient (Wildman–Crippen LogP) is 5.41. The number of hydrogen-bond donors (Lipinski definition) is 1. The molecule has 6 rings (SSSR count). The van der Waals surface area contributed by atoms with E-state index in [0.717, 1.165) is 29.4 Å². The number of benzene rings is 1. The summed E-state index contributed by atoms with van der Waals surface area (Å²) in [5.74, 6) is 7.47. The van der Waals surface area contributed by atoms with Crippen LogP contribution in [0.3, 0.4) is 0 Å². The zero-order chi connectivity index (χ0) is 16.6. The molecule has 1 aromatic rings. The van der Waals surface area contributed by atoms with Crippen LogP contribution < -0.4 is 4.74 Å². The van der Waals surface area contributed by atoms with Crippen LogP contribution in [0.5, 0.6) is 5.75 Å². The van der Waals surface area contributed by atoms with Crippen molar-refractivity contribution in [3.63, 3.8) is 0 Å². The van der Waals surface area contributed by atoms with Crippen molar-refractivity contribution in [3.05, 3.63) is 24.3 Å². The van der Waals surface area contributed by atoms with E-state index in [1.165, 1.54) is 62.9 Å². The molecule has 1 aliphatic heterocycles. The van der Waals surface area contributed by atoms with Gasteiger partial charge in [-0.15, -0.1) is 0 Å². The Morgan fingerprint density at radius 3 is 2.08 bits per heavy atom. The van der Waals surface area contributed by atoms with Crippen LogP contribution in [0.25, 0.3) is 0 Å². The molecule has 0 unspecified atom stereocenters. The van der Waals surface area contributed by atoms with Crippen LogP contribution in [0, 0.1) is 23.7 Å². The maximum atomic E-state index is 6.25. The molecule has 1 heterocycles. The van der Waals surface area contributed by atoms with E-state index in [4.69, 9.17) is 9.47 Å². The fourth-order valence-electron chi connectivity index (χ4n) is 6.23. The summed E-state index contributed by atoms with van der Waals surface area (Å²) in [6.45, 7) is 0.432. The molecule has 5 fully saturated rings. The van der Waals surface area contributed by atoms with Crippen LogP contribution in [-0.2, 0) is 4.74 Å². The van der Waals surface area contributed by atoms with Gasteiger partial charge in [0.1, 0.15) is 5.75 Å². The second-order valence-electron chi connectivity index (χ2n) is 8.87. The minimum Gasteiger partial charge on any atom is -0.468 e. The lowest BCUT2D eigenvalue weighted by Gasteiger charge is -2.53. The van der Waals surface area contributed by atoms with E-state index >= 15 is 0 Å². The second-order valence-corrected chi connectivity index (χ2v) is 11.4. The largest absolute Gasteiger partial charge is 0.468 e. The standard InChI is InChI=1S/C22H32O2S/c1-2-8-25(9-3-1)21-6-4-20(5-7-21)23-15-24-22-18-11-16-10-17(13-18)14-19(22)12-16/h4-7,16-19,22,25H,1-3,8-15H2. The van der Waals surface area contributed by atoms with E-state index in [0.29, 0.717) is 12.9 Å². The first-order valence-corrected chi connectivity index (χ1v) is 12.2. The van der Waals surface area contributed by atoms with Crippen molar-refractivity contribution in [1.82, 2.24) is 0 Å². The van der Waals surface area contributed by atoms with Crippen molar-refractivity contribution in [2.24, 2.45) is 23.7 Å². The molecule has 4 bridgehead atoms. The molecule has 0 spiro atoms. The molecule has 4 aliphatic carbocycles. The van der Waals surface area contributed by atoms with Gasteiger partial charge >= 0.3 is 0 Å². The van der Waals surface area contributed by atoms with Crippen molar-refractivity contribution in [2.45, 2.75) is 62.4 Å².